The zero-order chi connectivity index (χ0) is 16.2. The first kappa shape index (κ1) is 16.5. The van der Waals surface area contributed by atoms with Crippen LogP contribution in [0.15, 0.2) is 24.5 Å². The summed E-state index contributed by atoms with van der Waals surface area (Å²) in [5.41, 5.74) is 1.66. The molecule has 4 heterocycles. The van der Waals surface area contributed by atoms with Crippen molar-refractivity contribution in [1.82, 2.24) is 14.8 Å². The summed E-state index contributed by atoms with van der Waals surface area (Å²) in [6.07, 6.45) is 7.43. The van der Waals surface area contributed by atoms with Gasteiger partial charge in [-0.05, 0) is 43.5 Å². The maximum Gasteiger partial charge on any atom is 0.0593 e. The fourth-order valence-corrected chi connectivity index (χ4v) is 4.54. The molecule has 132 valence electrons. The van der Waals surface area contributed by atoms with Gasteiger partial charge in [-0.1, -0.05) is 0 Å². The molecule has 24 heavy (non-hydrogen) atoms. The van der Waals surface area contributed by atoms with Crippen molar-refractivity contribution in [2.75, 3.05) is 52.6 Å². The first-order valence-electron chi connectivity index (χ1n) is 9.34. The van der Waals surface area contributed by atoms with E-state index in [0.29, 0.717) is 5.41 Å². The summed E-state index contributed by atoms with van der Waals surface area (Å²) in [4.78, 5) is 9.42. The van der Waals surface area contributed by atoms with Crippen molar-refractivity contribution in [3.63, 3.8) is 0 Å². The molecular formula is C19H29N3O2. The van der Waals surface area contributed by atoms with Gasteiger partial charge in [-0.2, -0.15) is 0 Å². The Bertz CT molecular complexity index is 521. The van der Waals surface area contributed by atoms with Crippen LogP contribution in [0.2, 0.25) is 0 Å². The van der Waals surface area contributed by atoms with Crippen molar-refractivity contribution in [3.05, 3.63) is 30.1 Å². The molecule has 1 spiro atoms. The number of ether oxygens (including phenoxy) is 2. The monoisotopic (exact) mass is 331 g/mol. The fourth-order valence-electron chi connectivity index (χ4n) is 4.54. The van der Waals surface area contributed by atoms with Crippen LogP contribution in [-0.2, 0) is 16.0 Å². The molecule has 1 unspecified atom stereocenters. The van der Waals surface area contributed by atoms with Crippen LogP contribution < -0.4 is 0 Å². The van der Waals surface area contributed by atoms with Gasteiger partial charge in [0.2, 0.25) is 0 Å². The first-order valence-corrected chi connectivity index (χ1v) is 9.34. The molecule has 1 aromatic rings. The van der Waals surface area contributed by atoms with Crippen LogP contribution in [0, 0.1) is 5.41 Å². The molecule has 5 heteroatoms. The Morgan fingerprint density at radius 3 is 2.71 bits per heavy atom. The Balaban J connectivity index is 1.40. The minimum atomic E-state index is 0.307. The molecule has 3 saturated heterocycles. The molecule has 5 nitrogen and oxygen atoms in total. The summed E-state index contributed by atoms with van der Waals surface area (Å²) in [6.45, 7) is 9.21. The number of hydrogen-bond donors (Lipinski definition) is 0. The second kappa shape index (κ2) is 7.48. The fraction of sp³-hybridized carbons (Fsp3) is 0.737. The summed E-state index contributed by atoms with van der Waals surface area (Å²) in [5, 5.41) is 0. The van der Waals surface area contributed by atoms with E-state index in [2.05, 4.69) is 26.9 Å². The molecule has 3 aliphatic rings. The highest BCUT2D eigenvalue weighted by molar-refractivity contribution is 5.10. The van der Waals surface area contributed by atoms with Crippen LogP contribution in [0.3, 0.4) is 0 Å². The first-order chi connectivity index (χ1) is 11.8. The van der Waals surface area contributed by atoms with Crippen LogP contribution in [0.5, 0.6) is 0 Å². The maximum atomic E-state index is 6.03. The van der Waals surface area contributed by atoms with Gasteiger partial charge >= 0.3 is 0 Å². The highest BCUT2D eigenvalue weighted by Gasteiger charge is 2.43. The van der Waals surface area contributed by atoms with E-state index in [4.69, 9.17) is 9.47 Å². The number of rotatable bonds is 3. The number of nitrogens with zero attached hydrogens (tertiary/aromatic N) is 3. The highest BCUT2D eigenvalue weighted by Crippen LogP contribution is 2.36. The minimum absolute atomic E-state index is 0.307. The summed E-state index contributed by atoms with van der Waals surface area (Å²) in [6, 6.07) is 4.97. The van der Waals surface area contributed by atoms with Gasteiger partial charge in [0.15, 0.2) is 0 Å². The topological polar surface area (TPSA) is 37.8 Å². The summed E-state index contributed by atoms with van der Waals surface area (Å²) >= 11 is 0. The van der Waals surface area contributed by atoms with E-state index in [1.807, 2.05) is 12.4 Å². The Morgan fingerprint density at radius 2 is 1.88 bits per heavy atom. The number of pyridine rings is 1. The van der Waals surface area contributed by atoms with E-state index in [1.54, 1.807) is 0 Å². The number of hydrogen-bond acceptors (Lipinski definition) is 5. The summed E-state index contributed by atoms with van der Waals surface area (Å²) < 4.78 is 11.6. The smallest absolute Gasteiger partial charge is 0.0593 e. The van der Waals surface area contributed by atoms with Gasteiger partial charge in [-0.15, -0.1) is 0 Å². The van der Waals surface area contributed by atoms with E-state index >= 15 is 0 Å². The Labute approximate surface area is 144 Å². The SMILES string of the molecule is c1cc(CN2CCOCC3(CCN(C4CCOCC4)C3)C2)ccn1. The van der Waals surface area contributed by atoms with Crippen LogP contribution in [0.25, 0.3) is 0 Å². The van der Waals surface area contributed by atoms with E-state index in [9.17, 15) is 0 Å². The van der Waals surface area contributed by atoms with Gasteiger partial charge in [0.05, 0.1) is 13.2 Å². The summed E-state index contributed by atoms with van der Waals surface area (Å²) in [7, 11) is 0. The van der Waals surface area contributed by atoms with Crippen molar-refractivity contribution in [2.24, 2.45) is 5.41 Å². The summed E-state index contributed by atoms with van der Waals surface area (Å²) in [5.74, 6) is 0. The molecule has 0 aromatic carbocycles. The average molecular weight is 331 g/mol. The van der Waals surface area contributed by atoms with Crippen molar-refractivity contribution < 1.29 is 9.47 Å². The maximum absolute atomic E-state index is 6.03. The normalized spacial score (nSPS) is 30.7. The lowest BCUT2D eigenvalue weighted by molar-refractivity contribution is 0.0284. The van der Waals surface area contributed by atoms with Gasteiger partial charge in [-0.3, -0.25) is 14.8 Å². The van der Waals surface area contributed by atoms with Gasteiger partial charge < -0.3 is 9.47 Å². The van der Waals surface area contributed by atoms with Crippen molar-refractivity contribution >= 4 is 0 Å². The molecule has 0 amide bonds. The molecular weight excluding hydrogens is 302 g/mol. The average Bonchev–Trinajstić information content (AvgIpc) is 2.94. The molecule has 3 fully saturated rings. The molecule has 0 saturated carbocycles. The third-order valence-corrected chi connectivity index (χ3v) is 5.85. The molecule has 0 aliphatic carbocycles. The predicted molar refractivity (Wildman–Crippen MR) is 92.8 cm³/mol. The second-order valence-electron chi connectivity index (χ2n) is 7.68. The van der Waals surface area contributed by atoms with Crippen LogP contribution in [-0.4, -0.2) is 73.4 Å². The Hall–Kier alpha value is -1.01. The Kier molecular flexibility index (Phi) is 5.13. The second-order valence-corrected chi connectivity index (χ2v) is 7.68. The van der Waals surface area contributed by atoms with Crippen LogP contribution in [0.4, 0.5) is 0 Å². The number of aromatic nitrogens is 1. The van der Waals surface area contributed by atoms with Crippen molar-refractivity contribution in [3.8, 4) is 0 Å². The van der Waals surface area contributed by atoms with Crippen molar-refractivity contribution in [1.29, 1.82) is 0 Å². The standard InChI is InChI=1S/C19H29N3O2/c1-6-20-7-2-17(1)13-21-9-12-24-16-19(14-21)5-8-22(15-19)18-3-10-23-11-4-18/h1-2,6-7,18H,3-5,8-16H2. The molecule has 0 radical (unpaired) electrons. The van der Waals surface area contributed by atoms with E-state index < -0.39 is 0 Å². The van der Waals surface area contributed by atoms with E-state index in [-0.39, 0.29) is 0 Å². The van der Waals surface area contributed by atoms with Crippen LogP contribution >= 0.6 is 0 Å². The highest BCUT2D eigenvalue weighted by atomic mass is 16.5. The third-order valence-electron chi connectivity index (χ3n) is 5.85. The lowest BCUT2D eigenvalue weighted by Crippen LogP contribution is -2.43. The minimum Gasteiger partial charge on any atom is -0.381 e. The van der Waals surface area contributed by atoms with Gasteiger partial charge in [0.1, 0.15) is 0 Å². The van der Waals surface area contributed by atoms with Gasteiger partial charge in [0.25, 0.3) is 0 Å². The Morgan fingerprint density at radius 1 is 1.04 bits per heavy atom. The van der Waals surface area contributed by atoms with Crippen LogP contribution in [0.1, 0.15) is 24.8 Å². The van der Waals surface area contributed by atoms with Crippen molar-refractivity contribution in [2.45, 2.75) is 31.8 Å². The molecule has 4 rings (SSSR count). The largest absolute Gasteiger partial charge is 0.381 e. The molecule has 3 aliphatic heterocycles. The molecule has 1 atom stereocenters. The lowest BCUT2D eigenvalue weighted by Gasteiger charge is -2.35. The third kappa shape index (κ3) is 3.80. The molecule has 0 bridgehead atoms. The quantitative estimate of drug-likeness (QED) is 0.844. The zero-order valence-corrected chi connectivity index (χ0v) is 14.5. The van der Waals surface area contributed by atoms with Gasteiger partial charge in [0, 0.05) is 63.2 Å². The zero-order valence-electron chi connectivity index (χ0n) is 14.5. The lowest BCUT2D eigenvalue weighted by atomic mass is 9.87. The van der Waals surface area contributed by atoms with E-state index in [0.717, 1.165) is 52.1 Å². The number of likely N-dealkylation sites (tertiary alicyclic amines) is 1. The molecule has 0 N–H and O–H groups in total. The predicted octanol–water partition coefficient (Wildman–Crippen LogP) is 1.78. The van der Waals surface area contributed by atoms with E-state index in [1.165, 1.54) is 37.9 Å². The molecule has 1 aromatic heterocycles. The van der Waals surface area contributed by atoms with Gasteiger partial charge in [-0.25, -0.2) is 0 Å².